The Labute approximate surface area is 118 Å². The number of carboxylic acids is 1. The highest BCUT2D eigenvalue weighted by Crippen LogP contribution is 2.44. The maximum absolute atomic E-state index is 11.4. The number of hydrogen-bond acceptors (Lipinski definition) is 3. The molecule has 0 heterocycles. The summed E-state index contributed by atoms with van der Waals surface area (Å²) >= 11 is 0. The van der Waals surface area contributed by atoms with Gasteiger partial charge in [0.15, 0.2) is 0 Å². The second-order valence-corrected chi connectivity index (χ2v) is 5.69. The number of carboxylic acid groups (broad SMARTS) is 1. The van der Waals surface area contributed by atoms with Crippen molar-refractivity contribution in [3.8, 4) is 0 Å². The zero-order chi connectivity index (χ0) is 14.8. The number of anilines is 1. The van der Waals surface area contributed by atoms with Gasteiger partial charge in [-0.3, -0.25) is 9.59 Å². The third kappa shape index (κ3) is 3.10. The average Bonchev–Trinajstić information content (AvgIpc) is 2.31. The summed E-state index contributed by atoms with van der Waals surface area (Å²) in [6, 6.07) is 5.40. The lowest BCUT2D eigenvalue weighted by atomic mass is 9.66. The molecule has 0 radical (unpaired) electrons. The molecule has 1 aromatic carbocycles. The van der Waals surface area contributed by atoms with Gasteiger partial charge in [-0.15, -0.1) is 0 Å². The number of carbonyl (C=O) groups is 2. The van der Waals surface area contributed by atoms with Gasteiger partial charge in [-0.1, -0.05) is 12.5 Å². The standard InChI is InChI=1S/C15H20N2O3/c1-10-3-4-11(14(16)20)12(7-10)17-9-15(5-2-6-15)8-13(18)19/h3-4,7,17H,2,5-6,8-9H2,1H3,(H2,16,20)(H,18,19). The van der Waals surface area contributed by atoms with Crippen LogP contribution in [0.2, 0.25) is 0 Å². The van der Waals surface area contributed by atoms with Crippen molar-refractivity contribution in [2.75, 3.05) is 11.9 Å². The fourth-order valence-electron chi connectivity index (χ4n) is 2.72. The maximum Gasteiger partial charge on any atom is 0.303 e. The zero-order valence-corrected chi connectivity index (χ0v) is 11.6. The lowest BCUT2D eigenvalue weighted by Crippen LogP contribution is -2.38. The van der Waals surface area contributed by atoms with Crippen molar-refractivity contribution in [3.63, 3.8) is 0 Å². The number of carbonyl (C=O) groups excluding carboxylic acids is 1. The van der Waals surface area contributed by atoms with Gasteiger partial charge in [-0.2, -0.15) is 0 Å². The van der Waals surface area contributed by atoms with Crippen LogP contribution in [0, 0.1) is 12.3 Å². The van der Waals surface area contributed by atoms with E-state index in [4.69, 9.17) is 10.8 Å². The Morgan fingerprint density at radius 1 is 1.40 bits per heavy atom. The summed E-state index contributed by atoms with van der Waals surface area (Å²) in [6.07, 6.45) is 3.04. The van der Waals surface area contributed by atoms with Crippen LogP contribution >= 0.6 is 0 Å². The number of hydrogen-bond donors (Lipinski definition) is 3. The molecule has 1 aliphatic carbocycles. The molecule has 0 spiro atoms. The summed E-state index contributed by atoms with van der Waals surface area (Å²) in [5, 5.41) is 12.2. The van der Waals surface area contributed by atoms with Crippen LogP contribution < -0.4 is 11.1 Å². The molecule has 108 valence electrons. The Balaban J connectivity index is 2.12. The number of nitrogens with two attached hydrogens (primary N) is 1. The van der Waals surface area contributed by atoms with Crippen LogP contribution in [0.25, 0.3) is 0 Å². The molecule has 0 aliphatic heterocycles. The number of benzene rings is 1. The van der Waals surface area contributed by atoms with Gasteiger partial charge >= 0.3 is 5.97 Å². The maximum atomic E-state index is 11.4. The van der Waals surface area contributed by atoms with Crippen molar-refractivity contribution in [1.29, 1.82) is 0 Å². The van der Waals surface area contributed by atoms with E-state index in [1.807, 2.05) is 19.1 Å². The van der Waals surface area contributed by atoms with E-state index in [-0.39, 0.29) is 11.8 Å². The molecule has 5 nitrogen and oxygen atoms in total. The van der Waals surface area contributed by atoms with E-state index < -0.39 is 11.9 Å². The summed E-state index contributed by atoms with van der Waals surface area (Å²) < 4.78 is 0. The van der Waals surface area contributed by atoms with E-state index >= 15 is 0 Å². The number of nitrogens with one attached hydrogen (secondary N) is 1. The van der Waals surface area contributed by atoms with Crippen molar-refractivity contribution in [2.45, 2.75) is 32.6 Å². The minimum atomic E-state index is -0.772. The molecule has 0 unspecified atom stereocenters. The van der Waals surface area contributed by atoms with Crippen molar-refractivity contribution >= 4 is 17.6 Å². The SMILES string of the molecule is Cc1ccc(C(N)=O)c(NCC2(CC(=O)O)CCC2)c1. The highest BCUT2D eigenvalue weighted by atomic mass is 16.4. The van der Waals surface area contributed by atoms with Crippen LogP contribution in [0.1, 0.15) is 41.6 Å². The number of amides is 1. The van der Waals surface area contributed by atoms with Crippen LogP contribution in [-0.4, -0.2) is 23.5 Å². The Morgan fingerprint density at radius 2 is 2.10 bits per heavy atom. The monoisotopic (exact) mass is 276 g/mol. The lowest BCUT2D eigenvalue weighted by Gasteiger charge is -2.41. The molecule has 0 bridgehead atoms. The van der Waals surface area contributed by atoms with Gasteiger partial charge in [-0.05, 0) is 42.9 Å². The van der Waals surface area contributed by atoms with Gasteiger partial charge in [0.25, 0.3) is 5.91 Å². The van der Waals surface area contributed by atoms with Gasteiger partial charge in [0.2, 0.25) is 0 Å². The first-order chi connectivity index (χ1) is 9.42. The third-order valence-electron chi connectivity index (χ3n) is 4.03. The molecule has 4 N–H and O–H groups in total. The molecule has 2 rings (SSSR count). The van der Waals surface area contributed by atoms with Crippen LogP contribution in [-0.2, 0) is 4.79 Å². The highest BCUT2D eigenvalue weighted by molar-refractivity contribution is 5.98. The minimum Gasteiger partial charge on any atom is -0.481 e. The van der Waals surface area contributed by atoms with E-state index in [2.05, 4.69) is 5.32 Å². The Kier molecular flexibility index (Phi) is 3.97. The first-order valence-corrected chi connectivity index (χ1v) is 6.78. The average molecular weight is 276 g/mol. The van der Waals surface area contributed by atoms with E-state index in [1.165, 1.54) is 0 Å². The highest BCUT2D eigenvalue weighted by Gasteiger charge is 2.38. The summed E-state index contributed by atoms with van der Waals surface area (Å²) in [7, 11) is 0. The topological polar surface area (TPSA) is 92.4 Å². The number of rotatable bonds is 6. The molecule has 0 saturated heterocycles. The van der Waals surface area contributed by atoms with Gasteiger partial charge in [0.1, 0.15) is 0 Å². The molecule has 1 saturated carbocycles. The second kappa shape index (κ2) is 5.53. The Morgan fingerprint density at radius 3 is 2.60 bits per heavy atom. The van der Waals surface area contributed by atoms with Crippen molar-refractivity contribution in [1.82, 2.24) is 0 Å². The molecular formula is C15H20N2O3. The first-order valence-electron chi connectivity index (χ1n) is 6.78. The number of aliphatic carboxylic acids is 1. The summed E-state index contributed by atoms with van der Waals surface area (Å²) in [4.78, 5) is 22.4. The van der Waals surface area contributed by atoms with E-state index in [0.29, 0.717) is 17.8 Å². The largest absolute Gasteiger partial charge is 0.481 e. The van der Waals surface area contributed by atoms with Crippen LogP contribution in [0.5, 0.6) is 0 Å². The third-order valence-corrected chi connectivity index (χ3v) is 4.03. The van der Waals surface area contributed by atoms with Crippen molar-refractivity contribution < 1.29 is 14.7 Å². The van der Waals surface area contributed by atoms with Gasteiger partial charge in [0.05, 0.1) is 12.0 Å². The second-order valence-electron chi connectivity index (χ2n) is 5.69. The van der Waals surface area contributed by atoms with Gasteiger partial charge in [0, 0.05) is 12.2 Å². The van der Waals surface area contributed by atoms with Crippen LogP contribution in [0.3, 0.4) is 0 Å². The molecule has 20 heavy (non-hydrogen) atoms. The minimum absolute atomic E-state index is 0.164. The van der Waals surface area contributed by atoms with Crippen molar-refractivity contribution in [3.05, 3.63) is 29.3 Å². The molecule has 1 amide bonds. The van der Waals surface area contributed by atoms with Crippen LogP contribution in [0.4, 0.5) is 5.69 Å². The first kappa shape index (κ1) is 14.4. The predicted octanol–water partition coefficient (Wildman–Crippen LogP) is 2.15. The number of primary amides is 1. The molecule has 0 aromatic heterocycles. The van der Waals surface area contributed by atoms with Gasteiger partial charge in [-0.25, -0.2) is 0 Å². The molecule has 1 aliphatic rings. The van der Waals surface area contributed by atoms with Gasteiger partial charge < -0.3 is 16.2 Å². The zero-order valence-electron chi connectivity index (χ0n) is 11.6. The number of aryl methyl sites for hydroxylation is 1. The normalized spacial score (nSPS) is 16.2. The fraction of sp³-hybridized carbons (Fsp3) is 0.467. The molecular weight excluding hydrogens is 256 g/mol. The van der Waals surface area contributed by atoms with Crippen LogP contribution in [0.15, 0.2) is 18.2 Å². The van der Waals surface area contributed by atoms with E-state index in [1.54, 1.807) is 6.07 Å². The summed E-state index contributed by atoms with van der Waals surface area (Å²) in [5.74, 6) is -1.25. The molecule has 1 fully saturated rings. The Bertz CT molecular complexity index is 536. The molecule has 5 heteroatoms. The van der Waals surface area contributed by atoms with E-state index in [0.717, 1.165) is 24.8 Å². The van der Waals surface area contributed by atoms with Crippen molar-refractivity contribution in [2.24, 2.45) is 11.1 Å². The molecule has 1 aromatic rings. The lowest BCUT2D eigenvalue weighted by molar-refractivity contribution is -0.141. The summed E-state index contributed by atoms with van der Waals surface area (Å²) in [6.45, 7) is 2.50. The fourth-order valence-corrected chi connectivity index (χ4v) is 2.72. The van der Waals surface area contributed by atoms with E-state index in [9.17, 15) is 9.59 Å². The smallest absolute Gasteiger partial charge is 0.303 e. The molecule has 0 atom stereocenters. The predicted molar refractivity (Wildman–Crippen MR) is 76.7 cm³/mol. The summed E-state index contributed by atoms with van der Waals surface area (Å²) in [5.41, 5.74) is 7.33. The Hall–Kier alpha value is -2.04. The quantitative estimate of drug-likeness (QED) is 0.742.